The van der Waals surface area contributed by atoms with Gasteiger partial charge in [0.05, 0.1) is 11.5 Å². The van der Waals surface area contributed by atoms with Crippen LogP contribution in [0.1, 0.15) is 50.2 Å². The predicted octanol–water partition coefficient (Wildman–Crippen LogP) is 5.25. The Morgan fingerprint density at radius 1 is 1.09 bits per heavy atom. The largest absolute Gasteiger partial charge is 0.487 e. The standard InChI is InChI=1S/C25H27F3N2O2/c1-3-22(29)25(15-4-5-19(26)20(27)12-15)9-6-16(7-10-25)32-23-14(2)17-8-11-30-24(31)18(17)13-21(23)28/h4-5,8,11-13,16,22H,3,6-7,9-10,29H2,1-2H3,(H,30,31)/t16-,22-,25-/m1/s1. The van der Waals surface area contributed by atoms with Crippen LogP contribution in [0.4, 0.5) is 13.2 Å². The zero-order valence-electron chi connectivity index (χ0n) is 18.2. The number of nitrogens with one attached hydrogen (secondary N) is 1. The minimum Gasteiger partial charge on any atom is -0.487 e. The number of fused-ring (bicyclic) bond motifs is 1. The van der Waals surface area contributed by atoms with Crippen LogP contribution in [-0.4, -0.2) is 17.1 Å². The number of hydrogen-bond acceptors (Lipinski definition) is 3. The van der Waals surface area contributed by atoms with E-state index in [4.69, 9.17) is 10.5 Å². The highest BCUT2D eigenvalue weighted by Gasteiger charge is 2.42. The van der Waals surface area contributed by atoms with E-state index in [1.807, 2.05) is 6.92 Å². The molecule has 0 unspecified atom stereocenters. The molecule has 1 aromatic heterocycles. The van der Waals surface area contributed by atoms with E-state index >= 15 is 0 Å². The molecule has 1 aliphatic carbocycles. The van der Waals surface area contributed by atoms with Gasteiger partial charge in [0.15, 0.2) is 23.2 Å². The van der Waals surface area contributed by atoms with Gasteiger partial charge in [0, 0.05) is 23.2 Å². The number of H-pyrrole nitrogens is 1. The maximum Gasteiger partial charge on any atom is 0.255 e. The number of benzene rings is 2. The van der Waals surface area contributed by atoms with E-state index in [-0.39, 0.29) is 28.8 Å². The van der Waals surface area contributed by atoms with Crippen molar-refractivity contribution in [1.29, 1.82) is 0 Å². The van der Waals surface area contributed by atoms with Crippen LogP contribution in [0.5, 0.6) is 5.75 Å². The lowest BCUT2D eigenvalue weighted by molar-refractivity contribution is 0.0992. The molecule has 0 radical (unpaired) electrons. The molecule has 1 aliphatic rings. The fraction of sp³-hybridized carbons (Fsp3) is 0.400. The third-order valence-electron chi connectivity index (χ3n) is 6.99. The average molecular weight is 444 g/mol. The van der Waals surface area contributed by atoms with Crippen molar-refractivity contribution in [3.8, 4) is 5.75 Å². The van der Waals surface area contributed by atoms with Crippen LogP contribution in [0.15, 0.2) is 41.3 Å². The summed E-state index contributed by atoms with van der Waals surface area (Å²) in [6.45, 7) is 3.71. The maximum atomic E-state index is 14.8. The molecule has 7 heteroatoms. The number of hydrogen-bond donors (Lipinski definition) is 2. The summed E-state index contributed by atoms with van der Waals surface area (Å²) in [7, 11) is 0. The Kier molecular flexibility index (Phi) is 6.03. The van der Waals surface area contributed by atoms with Crippen LogP contribution in [0, 0.1) is 24.4 Å². The Hall–Kier alpha value is -2.80. The van der Waals surface area contributed by atoms with Crippen molar-refractivity contribution in [1.82, 2.24) is 4.98 Å². The van der Waals surface area contributed by atoms with Crippen molar-refractivity contribution in [2.24, 2.45) is 5.73 Å². The molecule has 3 aromatic rings. The van der Waals surface area contributed by atoms with Gasteiger partial charge in [-0.2, -0.15) is 0 Å². The smallest absolute Gasteiger partial charge is 0.255 e. The van der Waals surface area contributed by atoms with Crippen molar-refractivity contribution in [2.45, 2.75) is 63.5 Å². The van der Waals surface area contributed by atoms with Crippen LogP contribution < -0.4 is 16.0 Å². The highest BCUT2D eigenvalue weighted by Crippen LogP contribution is 2.44. The highest BCUT2D eigenvalue weighted by atomic mass is 19.2. The van der Waals surface area contributed by atoms with Crippen molar-refractivity contribution in [3.05, 3.63) is 75.5 Å². The molecule has 4 rings (SSSR count). The van der Waals surface area contributed by atoms with Gasteiger partial charge in [-0.3, -0.25) is 4.79 Å². The number of ether oxygens (including phenoxy) is 1. The third kappa shape index (κ3) is 3.79. The first-order valence-electron chi connectivity index (χ1n) is 10.9. The van der Waals surface area contributed by atoms with Crippen molar-refractivity contribution in [2.75, 3.05) is 0 Å². The minimum absolute atomic E-state index is 0.146. The van der Waals surface area contributed by atoms with E-state index in [1.54, 1.807) is 19.1 Å². The lowest BCUT2D eigenvalue weighted by Gasteiger charge is -2.44. The van der Waals surface area contributed by atoms with Gasteiger partial charge in [0.1, 0.15) is 0 Å². The number of pyridine rings is 1. The van der Waals surface area contributed by atoms with Crippen LogP contribution in [-0.2, 0) is 5.41 Å². The van der Waals surface area contributed by atoms with Gasteiger partial charge in [0.25, 0.3) is 5.56 Å². The molecule has 3 N–H and O–H groups in total. The monoisotopic (exact) mass is 444 g/mol. The average Bonchev–Trinajstić information content (AvgIpc) is 2.79. The second kappa shape index (κ2) is 8.62. The van der Waals surface area contributed by atoms with Crippen molar-refractivity contribution < 1.29 is 17.9 Å². The number of aromatic amines is 1. The molecule has 170 valence electrons. The Labute approximate surface area is 184 Å². The molecule has 1 heterocycles. The first-order valence-corrected chi connectivity index (χ1v) is 10.9. The Morgan fingerprint density at radius 3 is 2.47 bits per heavy atom. The zero-order chi connectivity index (χ0) is 23.0. The summed E-state index contributed by atoms with van der Waals surface area (Å²) in [5.74, 6) is -2.19. The lowest BCUT2D eigenvalue weighted by atomic mass is 9.64. The zero-order valence-corrected chi connectivity index (χ0v) is 18.2. The minimum atomic E-state index is -0.882. The molecule has 0 aliphatic heterocycles. The molecule has 0 amide bonds. The fourth-order valence-electron chi connectivity index (χ4n) is 5.06. The second-order valence-electron chi connectivity index (χ2n) is 8.70. The normalized spacial score (nSPS) is 22.1. The Balaban J connectivity index is 1.60. The Bertz CT molecular complexity index is 1200. The molecule has 2 aromatic carbocycles. The van der Waals surface area contributed by atoms with E-state index in [9.17, 15) is 18.0 Å². The van der Waals surface area contributed by atoms with E-state index in [2.05, 4.69) is 4.98 Å². The maximum absolute atomic E-state index is 14.8. The van der Waals surface area contributed by atoms with Crippen LogP contribution in [0.3, 0.4) is 0 Å². The Morgan fingerprint density at radius 2 is 1.81 bits per heavy atom. The number of nitrogens with two attached hydrogens (primary N) is 1. The van der Waals surface area contributed by atoms with Gasteiger partial charge in [-0.1, -0.05) is 13.0 Å². The van der Waals surface area contributed by atoms with E-state index in [0.717, 1.165) is 6.07 Å². The molecule has 0 bridgehead atoms. The molecule has 1 fully saturated rings. The fourth-order valence-corrected chi connectivity index (χ4v) is 5.06. The second-order valence-corrected chi connectivity index (χ2v) is 8.70. The third-order valence-corrected chi connectivity index (χ3v) is 6.99. The summed E-state index contributed by atoms with van der Waals surface area (Å²) in [4.78, 5) is 14.6. The molecule has 0 saturated heterocycles. The molecule has 0 spiro atoms. The van der Waals surface area contributed by atoms with Crippen LogP contribution >= 0.6 is 0 Å². The summed E-state index contributed by atoms with van der Waals surface area (Å²) in [6, 6.07) is 6.72. The first-order chi connectivity index (χ1) is 15.3. The summed E-state index contributed by atoms with van der Waals surface area (Å²) >= 11 is 0. The van der Waals surface area contributed by atoms with Crippen LogP contribution in [0.25, 0.3) is 10.8 Å². The molecular weight excluding hydrogens is 417 g/mol. The number of aryl methyl sites for hydroxylation is 1. The van der Waals surface area contributed by atoms with Gasteiger partial charge < -0.3 is 15.5 Å². The van der Waals surface area contributed by atoms with Gasteiger partial charge in [-0.05, 0) is 74.2 Å². The van der Waals surface area contributed by atoms with Gasteiger partial charge in [-0.25, -0.2) is 13.2 Å². The van der Waals surface area contributed by atoms with Gasteiger partial charge in [0.2, 0.25) is 0 Å². The summed E-state index contributed by atoms with van der Waals surface area (Å²) in [6.07, 6.45) is 4.40. The number of rotatable bonds is 5. The molecule has 1 atom stereocenters. The highest BCUT2D eigenvalue weighted by molar-refractivity contribution is 5.86. The summed E-state index contributed by atoms with van der Waals surface area (Å²) < 4.78 is 48.4. The SMILES string of the molecule is CC[C@@H](N)[C@]1(c2ccc(F)c(F)c2)CC[C@@H](Oc2c(F)cc3c(=O)[nH]ccc3c2C)CC1. The summed E-state index contributed by atoms with van der Waals surface area (Å²) in [5.41, 5.74) is 6.90. The van der Waals surface area contributed by atoms with Gasteiger partial charge >= 0.3 is 0 Å². The van der Waals surface area contributed by atoms with E-state index in [0.29, 0.717) is 48.6 Å². The van der Waals surface area contributed by atoms with E-state index < -0.39 is 22.9 Å². The van der Waals surface area contributed by atoms with E-state index in [1.165, 1.54) is 18.3 Å². The molecule has 4 nitrogen and oxygen atoms in total. The van der Waals surface area contributed by atoms with Crippen molar-refractivity contribution >= 4 is 10.8 Å². The first kappa shape index (κ1) is 22.4. The molecule has 32 heavy (non-hydrogen) atoms. The topological polar surface area (TPSA) is 68.1 Å². The lowest BCUT2D eigenvalue weighted by Crippen LogP contribution is -2.49. The number of aromatic nitrogens is 1. The predicted molar refractivity (Wildman–Crippen MR) is 118 cm³/mol. The number of halogens is 3. The molecule has 1 saturated carbocycles. The summed E-state index contributed by atoms with van der Waals surface area (Å²) in [5, 5.41) is 0.926. The molecular formula is C25H27F3N2O2. The van der Waals surface area contributed by atoms with Crippen LogP contribution in [0.2, 0.25) is 0 Å². The van der Waals surface area contributed by atoms with Gasteiger partial charge in [-0.15, -0.1) is 0 Å². The quantitative estimate of drug-likeness (QED) is 0.565. The van der Waals surface area contributed by atoms with Crippen molar-refractivity contribution in [3.63, 3.8) is 0 Å².